The lowest BCUT2D eigenvalue weighted by Crippen LogP contribution is -2.57. The minimum absolute atomic E-state index is 0.00930. The van der Waals surface area contributed by atoms with E-state index in [9.17, 15) is 13.2 Å². The zero-order valence-electron chi connectivity index (χ0n) is 33.0. The molecule has 1 saturated heterocycles. The highest BCUT2D eigenvalue weighted by Gasteiger charge is 2.48. The summed E-state index contributed by atoms with van der Waals surface area (Å²) >= 11 is 6.50. The van der Waals surface area contributed by atoms with Gasteiger partial charge in [0, 0.05) is 90.4 Å². The molecule has 2 fully saturated rings. The van der Waals surface area contributed by atoms with E-state index in [4.69, 9.17) is 21.1 Å². The van der Waals surface area contributed by atoms with Crippen LogP contribution in [0.25, 0.3) is 0 Å². The highest BCUT2D eigenvalue weighted by molar-refractivity contribution is 7.85. The maximum atomic E-state index is 12.6. The van der Waals surface area contributed by atoms with Crippen LogP contribution in [0.5, 0.6) is 5.75 Å². The first kappa shape index (κ1) is 43.0. The third kappa shape index (κ3) is 11.0. The molecule has 0 spiro atoms. The number of carbonyl (C=O) groups is 1. The van der Waals surface area contributed by atoms with Gasteiger partial charge in [-0.05, 0) is 112 Å². The fraction of sp³-hybridized carbons (Fsp3) is 0.643. The fourth-order valence-corrected chi connectivity index (χ4v) is 10.6. The summed E-state index contributed by atoms with van der Waals surface area (Å²) in [6, 6.07) is 12.0. The predicted molar refractivity (Wildman–Crippen MR) is 225 cm³/mol. The van der Waals surface area contributed by atoms with Crippen LogP contribution >= 0.6 is 11.6 Å². The van der Waals surface area contributed by atoms with Crippen LogP contribution < -0.4 is 19.7 Å². The molecule has 8 atom stereocenters. The Morgan fingerprint density at radius 3 is 2.72 bits per heavy atom. The lowest BCUT2D eigenvalue weighted by atomic mass is 9.63. The van der Waals surface area contributed by atoms with Gasteiger partial charge in [0.15, 0.2) is 0 Å². The molecule has 2 aliphatic heterocycles. The SMILES string of the molecule is CCCc1cc(Cl)ccc1C1COc2ccc(C=O)cc2N(CC2CCC2C(/C=C/CC(C)C(C)S(=O)NC)(CN2CCCS(=O)CCNCC2)OC)C1. The molecular formula is C42H63ClN4O5S2. The molecule has 1 saturated carbocycles. The number of rotatable bonds is 16. The molecule has 2 N–H and O–H groups in total. The first-order valence-corrected chi connectivity index (χ1v) is 23.0. The standard InChI is InChI=1S/C42H63ClN4O5S2/c1-6-9-34-25-37(43)13-14-38(34)36-27-47(40-24-33(28-48)11-16-41(40)52-29-36)26-35-12-15-39(35)42(51-5,17-7-10-31(2)32(3)54(50)44-4)30-46-20-8-22-53(49)23-19-45-18-21-46/h7,11,13-14,16-17,24-25,28,31-32,35-36,39,44-45H,6,8-10,12,15,18-23,26-27,29-30H2,1-5H3/b17-7+. The van der Waals surface area contributed by atoms with E-state index in [1.54, 1.807) is 7.05 Å². The summed E-state index contributed by atoms with van der Waals surface area (Å²) in [5.74, 6) is 3.16. The van der Waals surface area contributed by atoms with Crippen molar-refractivity contribution in [1.82, 2.24) is 14.9 Å². The number of methoxy groups -OCH3 is 1. The smallest absolute Gasteiger partial charge is 0.150 e. The van der Waals surface area contributed by atoms with Crippen LogP contribution in [0.1, 0.15) is 80.3 Å². The number of halogens is 1. The van der Waals surface area contributed by atoms with E-state index < -0.39 is 27.4 Å². The number of ether oxygens (including phenoxy) is 2. The summed E-state index contributed by atoms with van der Waals surface area (Å²) in [6.07, 6.45) is 11.3. The van der Waals surface area contributed by atoms with Crippen molar-refractivity contribution < 1.29 is 22.7 Å². The monoisotopic (exact) mass is 802 g/mol. The summed E-state index contributed by atoms with van der Waals surface area (Å²) < 4.78 is 41.3. The average molecular weight is 804 g/mol. The second-order valence-corrected chi connectivity index (χ2v) is 19.4. The molecule has 2 heterocycles. The molecule has 2 aromatic carbocycles. The van der Waals surface area contributed by atoms with Crippen molar-refractivity contribution >= 4 is 45.4 Å². The van der Waals surface area contributed by atoms with Crippen LogP contribution in [0.3, 0.4) is 0 Å². The molecule has 1 aliphatic carbocycles. The average Bonchev–Trinajstić information content (AvgIpc) is 3.34. The predicted octanol–water partition coefficient (Wildman–Crippen LogP) is 6.40. The minimum atomic E-state index is -1.10. The van der Waals surface area contributed by atoms with E-state index in [1.165, 1.54) is 11.1 Å². The highest BCUT2D eigenvalue weighted by atomic mass is 35.5. The maximum Gasteiger partial charge on any atom is 0.150 e. The Bertz CT molecular complexity index is 1610. The van der Waals surface area contributed by atoms with Crippen LogP contribution in [0, 0.1) is 17.8 Å². The van der Waals surface area contributed by atoms with E-state index in [-0.39, 0.29) is 23.0 Å². The van der Waals surface area contributed by atoms with Crippen molar-refractivity contribution in [3.63, 3.8) is 0 Å². The van der Waals surface area contributed by atoms with E-state index in [0.717, 1.165) is 107 Å². The third-order valence-electron chi connectivity index (χ3n) is 12.0. The number of nitrogens with zero attached hydrogens (tertiary/aromatic N) is 2. The molecule has 0 amide bonds. The van der Waals surface area contributed by atoms with Crippen molar-refractivity contribution in [3.8, 4) is 5.75 Å². The maximum absolute atomic E-state index is 12.6. The van der Waals surface area contributed by atoms with Crippen LogP contribution in [-0.2, 0) is 32.9 Å². The second-order valence-electron chi connectivity index (χ2n) is 15.5. The van der Waals surface area contributed by atoms with Gasteiger partial charge >= 0.3 is 0 Å². The number of hydrogen-bond donors (Lipinski definition) is 2. The quantitative estimate of drug-likeness (QED) is 0.149. The number of carbonyl (C=O) groups excluding carboxylic acids is 1. The van der Waals surface area contributed by atoms with Crippen molar-refractivity contribution in [2.24, 2.45) is 17.8 Å². The Morgan fingerprint density at radius 2 is 2.00 bits per heavy atom. The number of aryl methyl sites for hydroxylation is 1. The molecule has 300 valence electrons. The lowest BCUT2D eigenvalue weighted by Gasteiger charge is -2.51. The Labute approximate surface area is 334 Å². The Hall–Kier alpha value is -2.12. The van der Waals surface area contributed by atoms with Gasteiger partial charge in [0.25, 0.3) is 0 Å². The van der Waals surface area contributed by atoms with Gasteiger partial charge in [-0.15, -0.1) is 0 Å². The van der Waals surface area contributed by atoms with Gasteiger partial charge in [-0.1, -0.05) is 50.1 Å². The number of fused-ring (bicyclic) bond motifs is 1. The zero-order valence-corrected chi connectivity index (χ0v) is 35.4. The lowest BCUT2D eigenvalue weighted by molar-refractivity contribution is -0.0913. The highest BCUT2D eigenvalue weighted by Crippen LogP contribution is 2.47. The second kappa shape index (κ2) is 20.9. The van der Waals surface area contributed by atoms with E-state index in [0.29, 0.717) is 29.6 Å². The molecule has 9 nitrogen and oxygen atoms in total. The topological polar surface area (TPSA) is 100 Å². The zero-order chi connectivity index (χ0) is 38.7. The van der Waals surface area contributed by atoms with Crippen LogP contribution in [0.4, 0.5) is 5.69 Å². The van der Waals surface area contributed by atoms with Crippen molar-refractivity contribution in [1.29, 1.82) is 0 Å². The molecule has 2 aromatic rings. The third-order valence-corrected chi connectivity index (χ3v) is 15.1. The van der Waals surface area contributed by atoms with Crippen LogP contribution in [0.15, 0.2) is 48.6 Å². The fourth-order valence-electron chi connectivity index (χ4n) is 8.48. The molecule has 0 radical (unpaired) electrons. The molecule has 12 heteroatoms. The van der Waals surface area contributed by atoms with Gasteiger partial charge in [0.2, 0.25) is 0 Å². The Kier molecular flexibility index (Phi) is 16.6. The number of aldehydes is 1. The van der Waals surface area contributed by atoms with E-state index in [1.807, 2.05) is 38.3 Å². The molecule has 0 bridgehead atoms. The number of hydrogen-bond acceptors (Lipinski definition) is 8. The van der Waals surface area contributed by atoms with Crippen LogP contribution in [-0.4, -0.2) is 109 Å². The van der Waals surface area contributed by atoms with Gasteiger partial charge in [-0.3, -0.25) is 13.9 Å². The molecule has 3 aliphatic rings. The van der Waals surface area contributed by atoms with Gasteiger partial charge in [-0.2, -0.15) is 0 Å². The number of anilines is 1. The summed E-state index contributed by atoms with van der Waals surface area (Å²) in [4.78, 5) is 17.0. The molecule has 5 rings (SSSR count). The molecule has 54 heavy (non-hydrogen) atoms. The Morgan fingerprint density at radius 1 is 1.17 bits per heavy atom. The molecular weight excluding hydrogens is 740 g/mol. The van der Waals surface area contributed by atoms with Crippen molar-refractivity contribution in [2.45, 2.75) is 76.1 Å². The summed E-state index contributed by atoms with van der Waals surface area (Å²) in [6.45, 7) is 12.6. The first-order valence-electron chi connectivity index (χ1n) is 19.9. The number of allylic oxidation sites excluding steroid dienone is 1. The number of nitrogens with one attached hydrogen (secondary N) is 2. The van der Waals surface area contributed by atoms with Gasteiger partial charge < -0.3 is 19.7 Å². The van der Waals surface area contributed by atoms with Gasteiger partial charge in [0.05, 0.1) is 23.3 Å². The largest absolute Gasteiger partial charge is 0.491 e. The van der Waals surface area contributed by atoms with Gasteiger partial charge in [-0.25, -0.2) is 8.93 Å². The number of benzene rings is 2. The Balaban J connectivity index is 1.46. The minimum Gasteiger partial charge on any atom is -0.491 e. The van der Waals surface area contributed by atoms with Crippen LogP contribution in [0.2, 0.25) is 5.02 Å². The van der Waals surface area contributed by atoms with E-state index >= 15 is 0 Å². The van der Waals surface area contributed by atoms with E-state index in [2.05, 4.69) is 58.0 Å². The van der Waals surface area contributed by atoms with Gasteiger partial charge in [0.1, 0.15) is 17.6 Å². The molecule has 0 aromatic heterocycles. The normalized spacial score (nSPS) is 25.7. The summed E-state index contributed by atoms with van der Waals surface area (Å²) in [7, 11) is 1.70. The first-order chi connectivity index (χ1) is 26.1. The summed E-state index contributed by atoms with van der Waals surface area (Å²) in [5.41, 5.74) is 3.60. The van der Waals surface area contributed by atoms with Crippen molar-refractivity contribution in [2.75, 3.05) is 83.0 Å². The molecule has 8 unspecified atom stereocenters. The summed E-state index contributed by atoms with van der Waals surface area (Å²) in [5, 5.41) is 4.27. The van der Waals surface area contributed by atoms with Crippen molar-refractivity contribution in [3.05, 3.63) is 70.3 Å².